The lowest BCUT2D eigenvalue weighted by Crippen LogP contribution is -2.49. The molecule has 7 nitrogen and oxygen atoms in total. The Hall–Kier alpha value is -3.22. The summed E-state index contributed by atoms with van der Waals surface area (Å²) in [5, 5.41) is 3.85. The van der Waals surface area contributed by atoms with Gasteiger partial charge in [0.1, 0.15) is 5.75 Å². The summed E-state index contributed by atoms with van der Waals surface area (Å²) in [6.45, 7) is 6.07. The summed E-state index contributed by atoms with van der Waals surface area (Å²) in [6.07, 6.45) is -0.710. The van der Waals surface area contributed by atoms with Crippen LogP contribution in [-0.2, 0) is 4.74 Å². The summed E-state index contributed by atoms with van der Waals surface area (Å²) in [5.41, 5.74) is 4.63. The summed E-state index contributed by atoms with van der Waals surface area (Å²) < 4.78 is 10.3. The zero-order valence-corrected chi connectivity index (χ0v) is 16.0. The highest BCUT2D eigenvalue weighted by Gasteiger charge is 2.20. The Kier molecular flexibility index (Phi) is 7.05. The second-order valence-electron chi connectivity index (χ2n) is 6.43. The van der Waals surface area contributed by atoms with E-state index in [-0.39, 0.29) is 12.5 Å². The summed E-state index contributed by atoms with van der Waals surface area (Å²) in [5.74, 6) is 0.826. The summed E-state index contributed by atoms with van der Waals surface area (Å²) >= 11 is 0. The molecule has 0 aliphatic carbocycles. The largest absolute Gasteiger partial charge is 0.497 e. The number of carbonyl (C=O) groups is 2. The molecule has 144 valence electrons. The van der Waals surface area contributed by atoms with Crippen molar-refractivity contribution in [1.82, 2.24) is 5.43 Å². The number of amides is 3. The van der Waals surface area contributed by atoms with Gasteiger partial charge in [0.05, 0.1) is 19.4 Å². The topological polar surface area (TPSA) is 79.9 Å². The number of hydrogen-bond donors (Lipinski definition) is 2. The van der Waals surface area contributed by atoms with Crippen molar-refractivity contribution in [1.29, 1.82) is 0 Å². The highest BCUT2D eigenvalue weighted by Crippen LogP contribution is 2.19. The molecule has 0 spiro atoms. The number of benzene rings is 2. The molecular formula is C20H25N3O4. The first-order valence-electron chi connectivity index (χ1n) is 8.64. The first kappa shape index (κ1) is 20.1. The summed E-state index contributed by atoms with van der Waals surface area (Å²) in [7, 11) is 1.55. The molecule has 0 radical (unpaired) electrons. The molecule has 0 fully saturated rings. The molecule has 3 amide bonds. The van der Waals surface area contributed by atoms with Crippen LogP contribution in [0, 0.1) is 12.8 Å². The number of nitrogens with one attached hydrogen (secondary N) is 2. The average molecular weight is 371 g/mol. The minimum Gasteiger partial charge on any atom is -0.497 e. The van der Waals surface area contributed by atoms with Crippen molar-refractivity contribution < 1.29 is 19.1 Å². The molecule has 0 saturated carbocycles. The number of nitrogens with zero attached hydrogens (tertiary/aromatic N) is 1. The maximum atomic E-state index is 12.7. The zero-order valence-electron chi connectivity index (χ0n) is 16.0. The smallest absolute Gasteiger partial charge is 0.426 e. The average Bonchev–Trinajstić information content (AvgIpc) is 2.66. The van der Waals surface area contributed by atoms with E-state index in [0.717, 1.165) is 10.6 Å². The van der Waals surface area contributed by atoms with Gasteiger partial charge in [0.2, 0.25) is 0 Å². The molecule has 2 rings (SSSR count). The maximum absolute atomic E-state index is 12.7. The van der Waals surface area contributed by atoms with Crippen LogP contribution in [0.15, 0.2) is 48.5 Å². The Morgan fingerprint density at radius 1 is 1.04 bits per heavy atom. The van der Waals surface area contributed by atoms with Crippen LogP contribution in [0.2, 0.25) is 0 Å². The van der Waals surface area contributed by atoms with Crippen LogP contribution >= 0.6 is 0 Å². The van der Waals surface area contributed by atoms with E-state index in [1.807, 2.05) is 32.9 Å². The molecule has 0 bridgehead atoms. The number of aryl methyl sites for hydroxylation is 1. The highest BCUT2D eigenvalue weighted by atomic mass is 16.6. The molecule has 0 atom stereocenters. The van der Waals surface area contributed by atoms with Crippen LogP contribution in [0.5, 0.6) is 5.75 Å². The van der Waals surface area contributed by atoms with Crippen molar-refractivity contribution in [2.24, 2.45) is 5.92 Å². The second kappa shape index (κ2) is 9.47. The third kappa shape index (κ3) is 6.22. The lowest BCUT2D eigenvalue weighted by Gasteiger charge is -2.23. The Bertz CT molecular complexity index is 758. The van der Waals surface area contributed by atoms with Crippen LogP contribution in [-0.4, -0.2) is 25.8 Å². The predicted molar refractivity (Wildman–Crippen MR) is 105 cm³/mol. The number of hydrogen-bond acceptors (Lipinski definition) is 4. The van der Waals surface area contributed by atoms with Crippen LogP contribution < -0.4 is 20.5 Å². The van der Waals surface area contributed by atoms with Crippen molar-refractivity contribution in [3.63, 3.8) is 0 Å². The minimum atomic E-state index is -0.710. The van der Waals surface area contributed by atoms with Gasteiger partial charge in [-0.25, -0.2) is 15.0 Å². The molecule has 2 aromatic carbocycles. The first-order chi connectivity index (χ1) is 12.9. The van der Waals surface area contributed by atoms with Crippen LogP contribution in [0.4, 0.5) is 21.0 Å². The monoisotopic (exact) mass is 371 g/mol. The van der Waals surface area contributed by atoms with E-state index >= 15 is 0 Å². The van der Waals surface area contributed by atoms with E-state index in [4.69, 9.17) is 9.47 Å². The molecule has 27 heavy (non-hydrogen) atoms. The van der Waals surface area contributed by atoms with Gasteiger partial charge in [-0.2, -0.15) is 5.01 Å². The van der Waals surface area contributed by atoms with Gasteiger partial charge in [-0.15, -0.1) is 0 Å². The number of ether oxygens (including phenoxy) is 2. The quantitative estimate of drug-likeness (QED) is 0.766. The van der Waals surface area contributed by atoms with Gasteiger partial charge in [0.25, 0.3) is 0 Å². The minimum absolute atomic E-state index is 0.187. The van der Waals surface area contributed by atoms with Crippen molar-refractivity contribution in [2.45, 2.75) is 20.8 Å². The van der Waals surface area contributed by atoms with E-state index in [2.05, 4.69) is 10.7 Å². The van der Waals surface area contributed by atoms with E-state index in [1.165, 1.54) is 0 Å². The fraction of sp³-hybridized carbons (Fsp3) is 0.300. The Morgan fingerprint density at radius 3 is 2.22 bits per heavy atom. The number of anilines is 2. The van der Waals surface area contributed by atoms with Crippen molar-refractivity contribution >= 4 is 23.5 Å². The SMILES string of the molecule is COc1ccc(N(NC(=O)OCC(C)C)C(=O)Nc2ccc(C)cc2)cc1. The summed E-state index contributed by atoms with van der Waals surface area (Å²) in [4.78, 5) is 24.8. The third-order valence-corrected chi connectivity index (χ3v) is 3.59. The predicted octanol–water partition coefficient (Wildman–Crippen LogP) is 4.34. The van der Waals surface area contributed by atoms with E-state index in [9.17, 15) is 9.59 Å². The molecule has 2 N–H and O–H groups in total. The molecule has 0 unspecified atom stereocenters. The maximum Gasteiger partial charge on any atom is 0.426 e. The number of methoxy groups -OCH3 is 1. The van der Waals surface area contributed by atoms with Crippen molar-refractivity contribution in [3.05, 3.63) is 54.1 Å². The lowest BCUT2D eigenvalue weighted by atomic mass is 10.2. The van der Waals surface area contributed by atoms with Crippen LogP contribution in [0.3, 0.4) is 0 Å². The van der Waals surface area contributed by atoms with Gasteiger partial charge in [-0.3, -0.25) is 0 Å². The number of rotatable bonds is 5. The van der Waals surface area contributed by atoms with Crippen LogP contribution in [0.1, 0.15) is 19.4 Å². The molecule has 0 aromatic heterocycles. The molecule has 0 heterocycles. The summed E-state index contributed by atoms with van der Waals surface area (Å²) in [6, 6.07) is 13.5. The van der Waals surface area contributed by atoms with Crippen molar-refractivity contribution in [3.8, 4) is 5.75 Å². The van der Waals surface area contributed by atoms with Gasteiger partial charge < -0.3 is 14.8 Å². The molecule has 2 aromatic rings. The van der Waals surface area contributed by atoms with Gasteiger partial charge in [0, 0.05) is 5.69 Å². The van der Waals surface area contributed by atoms with E-state index < -0.39 is 12.1 Å². The normalized spacial score (nSPS) is 10.3. The van der Waals surface area contributed by atoms with Crippen molar-refractivity contribution in [2.75, 3.05) is 24.0 Å². The molecule has 0 saturated heterocycles. The molecule has 0 aliphatic rings. The van der Waals surface area contributed by atoms with E-state index in [0.29, 0.717) is 17.1 Å². The van der Waals surface area contributed by atoms with E-state index in [1.54, 1.807) is 43.5 Å². The third-order valence-electron chi connectivity index (χ3n) is 3.59. The first-order valence-corrected chi connectivity index (χ1v) is 8.64. The highest BCUT2D eigenvalue weighted by molar-refractivity contribution is 6.02. The van der Waals surface area contributed by atoms with Gasteiger partial charge in [-0.05, 0) is 49.2 Å². The number of carbonyl (C=O) groups excluding carboxylic acids is 2. The van der Waals surface area contributed by atoms with Gasteiger partial charge in [-0.1, -0.05) is 31.5 Å². The van der Waals surface area contributed by atoms with Gasteiger partial charge in [0.15, 0.2) is 0 Å². The molecule has 0 aliphatic heterocycles. The Balaban J connectivity index is 2.17. The standard InChI is InChI=1S/C20H25N3O4/c1-14(2)13-27-20(25)22-23(17-9-11-18(26-4)12-10-17)19(24)21-16-7-5-15(3)6-8-16/h5-12,14H,13H2,1-4H3,(H,21,24)(H,22,25). The number of urea groups is 1. The second-order valence-corrected chi connectivity index (χ2v) is 6.43. The van der Waals surface area contributed by atoms with Crippen LogP contribution in [0.25, 0.3) is 0 Å². The lowest BCUT2D eigenvalue weighted by molar-refractivity contribution is 0.132. The fourth-order valence-electron chi connectivity index (χ4n) is 2.15. The molecular weight excluding hydrogens is 346 g/mol. The number of hydrazine groups is 1. The molecule has 7 heteroatoms. The Labute approximate surface area is 159 Å². The zero-order chi connectivity index (χ0) is 19.8. The Morgan fingerprint density at radius 2 is 1.67 bits per heavy atom. The fourth-order valence-corrected chi connectivity index (χ4v) is 2.15. The van der Waals surface area contributed by atoms with Gasteiger partial charge >= 0.3 is 12.1 Å².